The Balaban J connectivity index is 1.63. The van der Waals surface area contributed by atoms with Crippen molar-refractivity contribution in [3.05, 3.63) is 65.7 Å². The highest BCUT2D eigenvalue weighted by atomic mass is 19.1. The first-order valence-corrected chi connectivity index (χ1v) is 10.2. The molecule has 0 bridgehead atoms. The van der Waals surface area contributed by atoms with Crippen LogP contribution in [0.4, 0.5) is 37.9 Å². The van der Waals surface area contributed by atoms with Crippen LogP contribution < -0.4 is 20.9 Å². The van der Waals surface area contributed by atoms with Crippen LogP contribution >= 0.6 is 0 Å². The van der Waals surface area contributed by atoms with Crippen LogP contribution in [0.3, 0.4) is 0 Å². The van der Waals surface area contributed by atoms with Crippen LogP contribution in [0, 0.1) is 19.7 Å². The van der Waals surface area contributed by atoms with Crippen LogP contribution in [0.2, 0.25) is 0 Å². The molecule has 1 aromatic heterocycles. The number of aryl methyl sites for hydroxylation is 2. The van der Waals surface area contributed by atoms with Crippen LogP contribution in [0.25, 0.3) is 0 Å². The van der Waals surface area contributed by atoms with Crippen molar-refractivity contribution in [3.63, 3.8) is 0 Å². The first-order chi connectivity index (χ1) is 14.9. The number of nitrogens with zero attached hydrogens (tertiary/aromatic N) is 3. The molecule has 162 valence electrons. The van der Waals surface area contributed by atoms with Crippen LogP contribution in [0.15, 0.2) is 48.5 Å². The summed E-state index contributed by atoms with van der Waals surface area (Å²) in [6, 6.07) is 13.3. The summed E-state index contributed by atoms with van der Waals surface area (Å²) in [4.78, 5) is 23.3. The number of amides is 2. The first kappa shape index (κ1) is 22.0. The number of benzene rings is 2. The molecule has 3 rings (SSSR count). The average molecular weight is 423 g/mol. The van der Waals surface area contributed by atoms with Gasteiger partial charge < -0.3 is 20.9 Å². The van der Waals surface area contributed by atoms with Crippen LogP contribution in [0.5, 0.6) is 0 Å². The lowest BCUT2D eigenvalue weighted by Crippen LogP contribution is -2.23. The summed E-state index contributed by atoms with van der Waals surface area (Å²) >= 11 is 0. The topological polar surface area (TPSA) is 82.2 Å². The van der Waals surface area contributed by atoms with Crippen molar-refractivity contribution in [3.8, 4) is 0 Å². The summed E-state index contributed by atoms with van der Waals surface area (Å²) in [5.74, 6) is 1.91. The highest BCUT2D eigenvalue weighted by molar-refractivity contribution is 5.99. The van der Waals surface area contributed by atoms with Crippen molar-refractivity contribution < 1.29 is 9.18 Å². The Kier molecular flexibility index (Phi) is 7.02. The van der Waals surface area contributed by atoms with Crippen molar-refractivity contribution in [1.29, 1.82) is 0 Å². The highest BCUT2D eigenvalue weighted by Gasteiger charge is 2.09. The Bertz CT molecular complexity index is 1050. The number of carbonyl (C=O) groups is 1. The fourth-order valence-corrected chi connectivity index (χ4v) is 3.07. The molecule has 1 heterocycles. The maximum atomic E-state index is 13.6. The number of hydrogen-bond acceptors (Lipinski definition) is 5. The van der Waals surface area contributed by atoms with Crippen molar-refractivity contribution in [2.24, 2.45) is 0 Å². The van der Waals surface area contributed by atoms with Crippen LogP contribution in [-0.4, -0.2) is 29.1 Å². The number of carbonyl (C=O) groups excluding carboxylic acids is 1. The van der Waals surface area contributed by atoms with Gasteiger partial charge in [0.15, 0.2) is 0 Å². The maximum absolute atomic E-state index is 13.6. The van der Waals surface area contributed by atoms with E-state index in [1.54, 1.807) is 31.2 Å². The molecule has 0 aliphatic carbocycles. The molecule has 2 aromatic carbocycles. The number of halogens is 1. The number of urea groups is 1. The van der Waals surface area contributed by atoms with E-state index in [1.165, 1.54) is 6.07 Å². The summed E-state index contributed by atoms with van der Waals surface area (Å²) in [7, 11) is 0. The second-order valence-corrected chi connectivity index (χ2v) is 7.08. The molecular formula is C23H27FN6O. The van der Waals surface area contributed by atoms with E-state index in [2.05, 4.69) is 44.7 Å². The molecule has 0 radical (unpaired) electrons. The van der Waals surface area contributed by atoms with Gasteiger partial charge in [-0.05, 0) is 69.7 Å². The van der Waals surface area contributed by atoms with E-state index >= 15 is 0 Å². The quantitative estimate of drug-likeness (QED) is 0.471. The Hall–Kier alpha value is -3.68. The Morgan fingerprint density at radius 3 is 2.16 bits per heavy atom. The maximum Gasteiger partial charge on any atom is 0.323 e. The molecular weight excluding hydrogens is 395 g/mol. The molecule has 0 fully saturated rings. The second-order valence-electron chi connectivity index (χ2n) is 7.08. The number of aromatic nitrogens is 2. The third-order valence-electron chi connectivity index (χ3n) is 4.76. The van der Waals surface area contributed by atoms with Gasteiger partial charge in [0.2, 0.25) is 0 Å². The smallest absolute Gasteiger partial charge is 0.323 e. The van der Waals surface area contributed by atoms with Crippen molar-refractivity contribution in [1.82, 2.24) is 9.97 Å². The largest absolute Gasteiger partial charge is 0.357 e. The van der Waals surface area contributed by atoms with Crippen molar-refractivity contribution in [2.45, 2.75) is 27.7 Å². The molecule has 8 heteroatoms. The van der Waals surface area contributed by atoms with Gasteiger partial charge >= 0.3 is 6.03 Å². The molecule has 3 N–H and O–H groups in total. The minimum absolute atomic E-state index is 0.364. The summed E-state index contributed by atoms with van der Waals surface area (Å²) < 4.78 is 13.6. The standard InChI is InChI=1S/C23H27FN6O/c1-5-30(6-2)22-14-21(25-16(4)26-22)27-17-9-11-18(12-10-17)28-23(31)29-19-8-7-15(3)20(24)13-19/h7-14H,5-6H2,1-4H3,(H,25,26,27)(H2,28,29,31). The summed E-state index contributed by atoms with van der Waals surface area (Å²) in [6.07, 6.45) is 0. The van der Waals surface area contributed by atoms with Crippen molar-refractivity contribution >= 4 is 34.7 Å². The summed E-state index contributed by atoms with van der Waals surface area (Å²) in [5, 5.41) is 8.62. The van der Waals surface area contributed by atoms with Crippen LogP contribution in [0.1, 0.15) is 25.2 Å². The monoisotopic (exact) mass is 422 g/mol. The summed E-state index contributed by atoms with van der Waals surface area (Å²) in [6.45, 7) is 9.44. The molecule has 3 aromatic rings. The minimum Gasteiger partial charge on any atom is -0.357 e. The van der Waals surface area contributed by atoms with Gasteiger partial charge in [0.1, 0.15) is 23.3 Å². The highest BCUT2D eigenvalue weighted by Crippen LogP contribution is 2.21. The predicted molar refractivity (Wildman–Crippen MR) is 124 cm³/mol. The molecule has 7 nitrogen and oxygen atoms in total. The molecule has 31 heavy (non-hydrogen) atoms. The van der Waals surface area contributed by atoms with E-state index in [-0.39, 0.29) is 5.82 Å². The van der Waals surface area contributed by atoms with E-state index in [0.29, 0.717) is 28.6 Å². The third-order valence-corrected chi connectivity index (χ3v) is 4.76. The molecule has 0 aliphatic rings. The third kappa shape index (κ3) is 5.91. The molecule has 0 saturated carbocycles. The van der Waals surface area contributed by atoms with Gasteiger partial charge in [0.25, 0.3) is 0 Å². The molecule has 0 atom stereocenters. The first-order valence-electron chi connectivity index (χ1n) is 10.2. The van der Waals surface area contributed by atoms with Gasteiger partial charge in [0, 0.05) is 36.2 Å². The van der Waals surface area contributed by atoms with E-state index in [4.69, 9.17) is 0 Å². The molecule has 0 spiro atoms. The average Bonchev–Trinajstić information content (AvgIpc) is 2.73. The van der Waals surface area contributed by atoms with Crippen molar-refractivity contribution in [2.75, 3.05) is 33.9 Å². The van der Waals surface area contributed by atoms with Crippen LogP contribution in [-0.2, 0) is 0 Å². The van der Waals surface area contributed by atoms with Gasteiger partial charge in [-0.3, -0.25) is 0 Å². The van der Waals surface area contributed by atoms with Gasteiger partial charge in [0.05, 0.1) is 0 Å². The number of nitrogens with one attached hydrogen (secondary N) is 3. The fraction of sp³-hybridized carbons (Fsp3) is 0.261. The zero-order valence-corrected chi connectivity index (χ0v) is 18.2. The van der Waals surface area contributed by atoms with Gasteiger partial charge in [-0.2, -0.15) is 0 Å². The summed E-state index contributed by atoms with van der Waals surface area (Å²) in [5.41, 5.74) is 2.35. The van der Waals surface area contributed by atoms with E-state index in [9.17, 15) is 9.18 Å². The normalized spacial score (nSPS) is 10.5. The zero-order valence-electron chi connectivity index (χ0n) is 18.2. The Labute approximate surface area is 181 Å². The van der Waals surface area contributed by atoms with Gasteiger partial charge in [-0.15, -0.1) is 0 Å². The lowest BCUT2D eigenvalue weighted by atomic mass is 10.2. The lowest BCUT2D eigenvalue weighted by Gasteiger charge is -2.20. The molecule has 0 aliphatic heterocycles. The Morgan fingerprint density at radius 1 is 0.903 bits per heavy atom. The molecule has 0 saturated heterocycles. The Morgan fingerprint density at radius 2 is 1.52 bits per heavy atom. The zero-order chi connectivity index (χ0) is 22.4. The lowest BCUT2D eigenvalue weighted by molar-refractivity contribution is 0.262. The van der Waals surface area contributed by atoms with E-state index in [0.717, 1.165) is 24.6 Å². The minimum atomic E-state index is -0.445. The predicted octanol–water partition coefficient (Wildman–Crippen LogP) is 5.47. The van der Waals surface area contributed by atoms with E-state index < -0.39 is 6.03 Å². The molecule has 0 unspecified atom stereocenters. The van der Waals surface area contributed by atoms with Gasteiger partial charge in [-0.25, -0.2) is 19.2 Å². The fourth-order valence-electron chi connectivity index (χ4n) is 3.07. The second kappa shape index (κ2) is 9.88. The van der Waals surface area contributed by atoms with E-state index in [1.807, 2.05) is 25.1 Å². The van der Waals surface area contributed by atoms with Gasteiger partial charge in [-0.1, -0.05) is 6.07 Å². The number of hydrogen-bond donors (Lipinski definition) is 3. The number of rotatable bonds is 7. The number of anilines is 5. The molecule has 2 amide bonds. The SMILES string of the molecule is CCN(CC)c1cc(Nc2ccc(NC(=O)Nc3ccc(C)c(F)c3)cc2)nc(C)n1.